The molecular formula is C25H23N3O3S. The fourth-order valence-electron chi connectivity index (χ4n) is 3.94. The molecule has 2 aromatic heterocycles. The Morgan fingerprint density at radius 3 is 2.78 bits per heavy atom. The molecule has 7 heteroatoms. The number of ether oxygens (including phenoxy) is 1. The molecule has 0 bridgehead atoms. The zero-order valence-corrected chi connectivity index (χ0v) is 18.6. The summed E-state index contributed by atoms with van der Waals surface area (Å²) in [5.41, 5.74) is 4.01. The highest BCUT2D eigenvalue weighted by molar-refractivity contribution is 7.17. The lowest BCUT2D eigenvalue weighted by molar-refractivity contribution is 0.102. The average Bonchev–Trinajstić information content (AvgIpc) is 3.17. The van der Waals surface area contributed by atoms with E-state index in [9.17, 15) is 9.59 Å². The largest absolute Gasteiger partial charge is 0.487 e. The van der Waals surface area contributed by atoms with Gasteiger partial charge in [-0.25, -0.2) is 4.98 Å². The van der Waals surface area contributed by atoms with E-state index in [2.05, 4.69) is 10.3 Å². The van der Waals surface area contributed by atoms with Crippen LogP contribution in [0.4, 0.5) is 5.69 Å². The number of thiazole rings is 1. The van der Waals surface area contributed by atoms with Crippen LogP contribution in [0, 0.1) is 6.92 Å². The lowest BCUT2D eigenvalue weighted by Gasteiger charge is -2.11. The van der Waals surface area contributed by atoms with Crippen molar-refractivity contribution in [1.82, 2.24) is 9.38 Å². The number of carbonyl (C=O) groups is 1. The summed E-state index contributed by atoms with van der Waals surface area (Å²) in [7, 11) is 0. The minimum atomic E-state index is -0.177. The molecule has 0 spiro atoms. The Morgan fingerprint density at radius 2 is 1.94 bits per heavy atom. The van der Waals surface area contributed by atoms with Crippen LogP contribution in [-0.4, -0.2) is 15.3 Å². The Balaban J connectivity index is 1.30. The Hall–Kier alpha value is -3.45. The van der Waals surface area contributed by atoms with E-state index in [1.807, 2.05) is 37.3 Å². The molecule has 0 fully saturated rings. The van der Waals surface area contributed by atoms with Gasteiger partial charge >= 0.3 is 0 Å². The van der Waals surface area contributed by atoms with Gasteiger partial charge in [-0.15, -0.1) is 11.3 Å². The summed E-state index contributed by atoms with van der Waals surface area (Å²) in [6.07, 6.45) is 4.25. The van der Waals surface area contributed by atoms with Crippen molar-refractivity contribution in [2.45, 2.75) is 39.2 Å². The van der Waals surface area contributed by atoms with Crippen molar-refractivity contribution in [2.75, 3.05) is 5.32 Å². The van der Waals surface area contributed by atoms with Gasteiger partial charge in [-0.3, -0.25) is 14.0 Å². The molecule has 162 valence electrons. The Bertz CT molecular complexity index is 1360. The van der Waals surface area contributed by atoms with E-state index in [0.29, 0.717) is 22.7 Å². The van der Waals surface area contributed by atoms with Crippen molar-refractivity contribution < 1.29 is 9.53 Å². The number of amides is 1. The lowest BCUT2D eigenvalue weighted by atomic mass is 10.0. The van der Waals surface area contributed by atoms with Gasteiger partial charge in [0.05, 0.1) is 5.69 Å². The molecule has 5 rings (SSSR count). The minimum Gasteiger partial charge on any atom is -0.487 e. The number of hydrogen-bond acceptors (Lipinski definition) is 5. The van der Waals surface area contributed by atoms with Gasteiger partial charge in [0.25, 0.3) is 11.5 Å². The van der Waals surface area contributed by atoms with E-state index < -0.39 is 0 Å². The maximum Gasteiger partial charge on any atom is 0.259 e. The van der Waals surface area contributed by atoms with E-state index in [1.54, 1.807) is 40.0 Å². The van der Waals surface area contributed by atoms with Gasteiger partial charge in [0.15, 0.2) is 4.96 Å². The third-order valence-corrected chi connectivity index (χ3v) is 6.75. The first-order chi connectivity index (χ1) is 15.6. The first-order valence-electron chi connectivity index (χ1n) is 10.7. The average molecular weight is 446 g/mol. The van der Waals surface area contributed by atoms with Gasteiger partial charge in [0.1, 0.15) is 12.4 Å². The Kier molecular flexibility index (Phi) is 5.49. The van der Waals surface area contributed by atoms with Crippen molar-refractivity contribution in [2.24, 2.45) is 0 Å². The Morgan fingerprint density at radius 1 is 1.12 bits per heavy atom. The third kappa shape index (κ3) is 4.16. The summed E-state index contributed by atoms with van der Waals surface area (Å²) in [6, 6.07) is 16.2. The highest BCUT2D eigenvalue weighted by Crippen LogP contribution is 2.28. The van der Waals surface area contributed by atoms with E-state index in [1.165, 1.54) is 11.3 Å². The fourth-order valence-corrected chi connectivity index (χ4v) is 5.18. The normalized spacial score (nSPS) is 13.0. The predicted molar refractivity (Wildman–Crippen MR) is 126 cm³/mol. The monoisotopic (exact) mass is 445 g/mol. The highest BCUT2D eigenvalue weighted by atomic mass is 32.1. The molecule has 2 aromatic carbocycles. The second-order valence-corrected chi connectivity index (χ2v) is 9.08. The fraction of sp³-hybridized carbons (Fsp3) is 0.240. The van der Waals surface area contributed by atoms with Crippen LogP contribution in [0.3, 0.4) is 0 Å². The SMILES string of the molecule is Cc1ccc(C(=O)Nc2cccc(OCc3cc(=O)n4c5c(sc4n3)CCCC5)c2)cc1. The second-order valence-electron chi connectivity index (χ2n) is 8.02. The van der Waals surface area contributed by atoms with Crippen molar-refractivity contribution >= 4 is 27.9 Å². The standard InChI is InChI=1S/C25H23N3O3S/c1-16-9-11-17(12-10-16)24(30)26-18-5-4-6-20(13-18)31-15-19-14-23(29)28-21-7-2-3-8-22(21)32-25(28)27-19/h4-6,9-14H,2-3,7-8,15H2,1H3,(H,26,30). The van der Waals surface area contributed by atoms with E-state index in [-0.39, 0.29) is 18.1 Å². The molecule has 0 radical (unpaired) electrons. The van der Waals surface area contributed by atoms with Crippen molar-refractivity contribution in [3.05, 3.63) is 92.3 Å². The quantitative estimate of drug-likeness (QED) is 0.480. The smallest absolute Gasteiger partial charge is 0.259 e. The molecule has 0 aliphatic heterocycles. The van der Waals surface area contributed by atoms with Crippen LogP contribution in [0.2, 0.25) is 0 Å². The van der Waals surface area contributed by atoms with Crippen LogP contribution < -0.4 is 15.6 Å². The van der Waals surface area contributed by atoms with Gasteiger partial charge in [-0.05, 0) is 56.9 Å². The number of rotatable bonds is 5. The number of anilines is 1. The molecular weight excluding hydrogens is 422 g/mol. The van der Waals surface area contributed by atoms with Crippen LogP contribution in [-0.2, 0) is 19.4 Å². The van der Waals surface area contributed by atoms with Gasteiger partial charge in [-0.1, -0.05) is 23.8 Å². The van der Waals surface area contributed by atoms with Crippen LogP contribution in [0.25, 0.3) is 4.96 Å². The summed E-state index contributed by atoms with van der Waals surface area (Å²) >= 11 is 1.61. The molecule has 1 aliphatic rings. The second kappa shape index (κ2) is 8.59. The number of carbonyl (C=O) groups excluding carboxylic acids is 1. The predicted octanol–water partition coefficient (Wildman–Crippen LogP) is 4.77. The number of aromatic nitrogens is 2. The molecule has 1 N–H and O–H groups in total. The molecule has 0 atom stereocenters. The van der Waals surface area contributed by atoms with Gasteiger partial charge in [0, 0.05) is 34.0 Å². The topological polar surface area (TPSA) is 72.7 Å². The van der Waals surface area contributed by atoms with Crippen molar-refractivity contribution in [3.8, 4) is 5.75 Å². The van der Waals surface area contributed by atoms with Crippen molar-refractivity contribution in [1.29, 1.82) is 0 Å². The summed E-state index contributed by atoms with van der Waals surface area (Å²) in [5.74, 6) is 0.420. The van der Waals surface area contributed by atoms with Crippen molar-refractivity contribution in [3.63, 3.8) is 0 Å². The van der Waals surface area contributed by atoms with Crippen LogP contribution >= 0.6 is 11.3 Å². The summed E-state index contributed by atoms with van der Waals surface area (Å²) in [5, 5.41) is 2.89. The summed E-state index contributed by atoms with van der Waals surface area (Å²) in [4.78, 5) is 31.8. The van der Waals surface area contributed by atoms with E-state index in [4.69, 9.17) is 4.74 Å². The third-order valence-electron chi connectivity index (χ3n) is 5.61. The maximum atomic E-state index is 12.7. The summed E-state index contributed by atoms with van der Waals surface area (Å²) < 4.78 is 7.64. The molecule has 1 aliphatic carbocycles. The summed E-state index contributed by atoms with van der Waals surface area (Å²) in [6.45, 7) is 2.17. The first-order valence-corrected chi connectivity index (χ1v) is 11.5. The number of fused-ring (bicyclic) bond motifs is 3. The number of nitrogens with zero attached hydrogens (tertiary/aromatic N) is 2. The highest BCUT2D eigenvalue weighted by Gasteiger charge is 2.18. The number of benzene rings is 2. The molecule has 4 aromatic rings. The van der Waals surface area contributed by atoms with Gasteiger partial charge in [-0.2, -0.15) is 0 Å². The molecule has 1 amide bonds. The molecule has 0 saturated carbocycles. The number of hydrogen-bond donors (Lipinski definition) is 1. The molecule has 0 unspecified atom stereocenters. The Labute approximate surface area is 189 Å². The minimum absolute atomic E-state index is 0.0490. The first kappa shape index (κ1) is 20.5. The van der Waals surface area contributed by atoms with Crippen LogP contribution in [0.15, 0.2) is 59.4 Å². The maximum absolute atomic E-state index is 12.7. The van der Waals surface area contributed by atoms with E-state index in [0.717, 1.165) is 35.5 Å². The van der Waals surface area contributed by atoms with Crippen LogP contribution in [0.1, 0.15) is 45.0 Å². The molecule has 2 heterocycles. The van der Waals surface area contributed by atoms with Gasteiger partial charge < -0.3 is 10.1 Å². The molecule has 6 nitrogen and oxygen atoms in total. The zero-order valence-electron chi connectivity index (χ0n) is 17.8. The molecule has 0 saturated heterocycles. The zero-order chi connectivity index (χ0) is 22.1. The number of nitrogens with one attached hydrogen (secondary N) is 1. The van der Waals surface area contributed by atoms with E-state index >= 15 is 0 Å². The number of aryl methyl sites for hydroxylation is 3. The molecule has 32 heavy (non-hydrogen) atoms. The lowest BCUT2D eigenvalue weighted by Crippen LogP contribution is -2.18. The van der Waals surface area contributed by atoms with Gasteiger partial charge in [0.2, 0.25) is 0 Å². The van der Waals surface area contributed by atoms with Crippen LogP contribution in [0.5, 0.6) is 5.75 Å².